The number of hydrogen-bond donors (Lipinski definition) is 2. The molecule has 0 aliphatic rings. The van der Waals surface area contributed by atoms with Crippen LogP contribution in [0.15, 0.2) is 29.2 Å². The molecule has 3 N–H and O–H groups in total. The Hall–Kier alpha value is -0.780. The van der Waals surface area contributed by atoms with Gasteiger partial charge in [-0.15, -0.1) is 4.24 Å². The Kier molecular flexibility index (Phi) is 2.56. The van der Waals surface area contributed by atoms with Gasteiger partial charge in [0.25, 0.3) is 10.0 Å². The molecule has 0 spiro atoms. The van der Waals surface area contributed by atoms with Crippen LogP contribution in [0.25, 0.3) is 0 Å². The molecule has 12 heavy (non-hydrogen) atoms. The predicted octanol–water partition coefficient (Wildman–Crippen LogP) is 0.701. The van der Waals surface area contributed by atoms with Gasteiger partial charge in [0, 0.05) is 5.69 Å². The lowest BCUT2D eigenvalue weighted by Gasteiger charge is -2.00. The lowest BCUT2D eigenvalue weighted by Crippen LogP contribution is -2.13. The van der Waals surface area contributed by atoms with Crippen molar-refractivity contribution in [3.63, 3.8) is 0 Å². The molecule has 0 radical (unpaired) electrons. The number of nitrogen functional groups attached to an aromatic ring is 1. The molecule has 0 saturated heterocycles. The SMILES string of the molecule is Nc1cccc(S(=O)(=O)NCl)c1. The Labute approximate surface area is 75.5 Å². The minimum atomic E-state index is -3.59. The first-order valence-corrected chi connectivity index (χ1v) is 4.90. The summed E-state index contributed by atoms with van der Waals surface area (Å²) in [7, 11) is -3.59. The normalized spacial score (nSPS) is 11.4. The van der Waals surface area contributed by atoms with E-state index in [-0.39, 0.29) is 4.90 Å². The summed E-state index contributed by atoms with van der Waals surface area (Å²) in [6, 6.07) is 5.86. The van der Waals surface area contributed by atoms with Gasteiger partial charge in [-0.3, -0.25) is 0 Å². The van der Waals surface area contributed by atoms with Crippen molar-refractivity contribution in [2.24, 2.45) is 0 Å². The van der Waals surface area contributed by atoms with Crippen molar-refractivity contribution >= 4 is 27.5 Å². The topological polar surface area (TPSA) is 72.2 Å². The van der Waals surface area contributed by atoms with Crippen molar-refractivity contribution in [2.75, 3.05) is 5.73 Å². The van der Waals surface area contributed by atoms with E-state index in [4.69, 9.17) is 17.5 Å². The Morgan fingerprint density at radius 1 is 1.42 bits per heavy atom. The molecule has 0 atom stereocenters. The lowest BCUT2D eigenvalue weighted by molar-refractivity contribution is 0.594. The van der Waals surface area contributed by atoms with Gasteiger partial charge in [0.1, 0.15) is 0 Å². The van der Waals surface area contributed by atoms with E-state index in [1.165, 1.54) is 18.2 Å². The summed E-state index contributed by atoms with van der Waals surface area (Å²) in [6.45, 7) is 0. The van der Waals surface area contributed by atoms with Crippen molar-refractivity contribution in [3.05, 3.63) is 24.3 Å². The number of nitrogens with one attached hydrogen (secondary N) is 1. The van der Waals surface area contributed by atoms with Crippen LogP contribution in [0.2, 0.25) is 0 Å². The third-order valence-corrected chi connectivity index (χ3v) is 2.96. The van der Waals surface area contributed by atoms with Crippen LogP contribution in [0.5, 0.6) is 0 Å². The Bertz CT molecular complexity index is 377. The zero-order valence-corrected chi connectivity index (χ0v) is 7.56. The van der Waals surface area contributed by atoms with Crippen molar-refractivity contribution < 1.29 is 8.42 Å². The van der Waals surface area contributed by atoms with E-state index in [0.717, 1.165) is 0 Å². The first kappa shape index (κ1) is 9.31. The molecule has 0 fully saturated rings. The second-order valence-electron chi connectivity index (χ2n) is 2.15. The fourth-order valence-electron chi connectivity index (χ4n) is 0.726. The van der Waals surface area contributed by atoms with Gasteiger partial charge in [-0.1, -0.05) is 6.07 Å². The molecule has 0 aromatic heterocycles. The van der Waals surface area contributed by atoms with Gasteiger partial charge in [0.2, 0.25) is 0 Å². The minimum Gasteiger partial charge on any atom is -0.399 e. The molecule has 4 nitrogen and oxygen atoms in total. The van der Waals surface area contributed by atoms with Gasteiger partial charge in [0.05, 0.1) is 4.90 Å². The first-order valence-electron chi connectivity index (χ1n) is 3.04. The molecular formula is C6H7ClN2O2S. The highest BCUT2D eigenvalue weighted by Gasteiger charge is 2.11. The minimum absolute atomic E-state index is 0.0532. The van der Waals surface area contributed by atoms with E-state index in [1.807, 2.05) is 0 Å². The average Bonchev–Trinajstić information content (AvgIpc) is 2.05. The van der Waals surface area contributed by atoms with Crippen LogP contribution in [-0.2, 0) is 10.0 Å². The second-order valence-corrected chi connectivity index (χ2v) is 4.25. The van der Waals surface area contributed by atoms with Crippen LogP contribution in [0.3, 0.4) is 0 Å². The number of halogens is 1. The monoisotopic (exact) mass is 206 g/mol. The van der Waals surface area contributed by atoms with Crippen molar-refractivity contribution in [1.82, 2.24) is 4.24 Å². The summed E-state index contributed by atoms with van der Waals surface area (Å²) in [5, 5.41) is 0. The van der Waals surface area contributed by atoms with E-state index in [0.29, 0.717) is 5.69 Å². The molecule has 1 aromatic carbocycles. The third-order valence-electron chi connectivity index (χ3n) is 1.27. The number of rotatable bonds is 2. The van der Waals surface area contributed by atoms with Crippen LogP contribution in [-0.4, -0.2) is 8.42 Å². The fourth-order valence-corrected chi connectivity index (χ4v) is 1.63. The second kappa shape index (κ2) is 3.30. The number of benzene rings is 1. The van der Waals surface area contributed by atoms with E-state index >= 15 is 0 Å². The van der Waals surface area contributed by atoms with Crippen LogP contribution in [0.1, 0.15) is 0 Å². The van der Waals surface area contributed by atoms with Gasteiger partial charge >= 0.3 is 0 Å². The van der Waals surface area contributed by atoms with E-state index in [2.05, 4.69) is 0 Å². The van der Waals surface area contributed by atoms with Gasteiger partial charge in [0.15, 0.2) is 0 Å². The average molecular weight is 207 g/mol. The van der Waals surface area contributed by atoms with Crippen molar-refractivity contribution in [3.8, 4) is 0 Å². The molecule has 1 aromatic rings. The maximum absolute atomic E-state index is 11.1. The standard InChI is InChI=1S/C6H7ClN2O2S/c7-9-12(10,11)6-3-1-2-5(8)4-6/h1-4,9H,8H2. The number of hydrogen-bond acceptors (Lipinski definition) is 3. The highest BCUT2D eigenvalue weighted by atomic mass is 35.5. The van der Waals surface area contributed by atoms with E-state index in [9.17, 15) is 8.42 Å². The molecule has 1 rings (SSSR count). The molecule has 0 amide bonds. The van der Waals surface area contributed by atoms with E-state index < -0.39 is 10.0 Å². The third kappa shape index (κ3) is 1.88. The molecule has 0 unspecified atom stereocenters. The largest absolute Gasteiger partial charge is 0.399 e. The smallest absolute Gasteiger partial charge is 0.253 e. The van der Waals surface area contributed by atoms with Crippen LogP contribution < -0.4 is 9.97 Å². The summed E-state index contributed by atoms with van der Waals surface area (Å²) >= 11 is 5.00. The first-order chi connectivity index (χ1) is 5.56. The quantitative estimate of drug-likeness (QED) is 0.553. The van der Waals surface area contributed by atoms with Gasteiger partial charge < -0.3 is 5.73 Å². The lowest BCUT2D eigenvalue weighted by atomic mass is 10.3. The van der Waals surface area contributed by atoms with Crippen LogP contribution in [0.4, 0.5) is 5.69 Å². The van der Waals surface area contributed by atoms with Gasteiger partial charge in [-0.25, -0.2) is 8.42 Å². The summed E-state index contributed by atoms with van der Waals surface area (Å²) in [6.07, 6.45) is 0. The maximum atomic E-state index is 11.1. The van der Waals surface area contributed by atoms with Gasteiger partial charge in [-0.05, 0) is 30.0 Å². The zero-order chi connectivity index (χ0) is 9.19. The van der Waals surface area contributed by atoms with Crippen LogP contribution in [0, 0.1) is 0 Å². The summed E-state index contributed by atoms with van der Waals surface area (Å²) < 4.78 is 23.8. The number of nitrogens with two attached hydrogens (primary N) is 1. The van der Waals surface area contributed by atoms with Gasteiger partial charge in [-0.2, -0.15) is 0 Å². The van der Waals surface area contributed by atoms with Crippen molar-refractivity contribution in [1.29, 1.82) is 0 Å². The molecule has 6 heteroatoms. The highest BCUT2D eigenvalue weighted by molar-refractivity contribution is 7.90. The predicted molar refractivity (Wildman–Crippen MR) is 47.0 cm³/mol. The molecule has 66 valence electrons. The molecule has 0 bridgehead atoms. The van der Waals surface area contributed by atoms with E-state index in [1.54, 1.807) is 10.3 Å². The fraction of sp³-hybridized carbons (Fsp3) is 0. The number of sulfonamides is 1. The molecule has 0 saturated carbocycles. The molecule has 0 heterocycles. The summed E-state index contributed by atoms with van der Waals surface area (Å²) in [4.78, 5) is 0.0532. The Balaban J connectivity index is 3.21. The Morgan fingerprint density at radius 2 is 2.08 bits per heavy atom. The van der Waals surface area contributed by atoms with Crippen LogP contribution >= 0.6 is 11.8 Å². The molecule has 0 aliphatic carbocycles. The maximum Gasteiger partial charge on any atom is 0.253 e. The zero-order valence-electron chi connectivity index (χ0n) is 5.99. The highest BCUT2D eigenvalue weighted by Crippen LogP contribution is 2.12. The van der Waals surface area contributed by atoms with Crippen molar-refractivity contribution in [2.45, 2.75) is 4.90 Å². The Morgan fingerprint density at radius 3 is 2.58 bits per heavy atom. The molecule has 0 aliphatic heterocycles. The number of anilines is 1. The molecular weight excluding hydrogens is 200 g/mol. The summed E-state index contributed by atoms with van der Waals surface area (Å²) in [5.41, 5.74) is 5.75. The summed E-state index contributed by atoms with van der Waals surface area (Å²) in [5.74, 6) is 0.